The van der Waals surface area contributed by atoms with Gasteiger partial charge in [-0.15, -0.1) is 0 Å². The van der Waals surface area contributed by atoms with Crippen molar-refractivity contribution in [1.29, 1.82) is 0 Å². The Kier molecular flexibility index (Phi) is 5.77. The molecule has 10 heteroatoms. The Morgan fingerprint density at radius 3 is 2.57 bits per heavy atom. The van der Waals surface area contributed by atoms with E-state index < -0.39 is 0 Å². The van der Waals surface area contributed by atoms with Crippen molar-refractivity contribution in [1.82, 2.24) is 24.3 Å². The number of fused-ring (bicyclic) bond motifs is 1. The van der Waals surface area contributed by atoms with Crippen LogP contribution in [-0.4, -0.2) is 57.9 Å². The average molecular weight is 482 g/mol. The minimum absolute atomic E-state index is 0.00567. The van der Waals surface area contributed by atoms with Gasteiger partial charge in [0.2, 0.25) is 0 Å². The van der Waals surface area contributed by atoms with Crippen LogP contribution in [0.2, 0.25) is 0 Å². The Hall–Kier alpha value is -3.24. The predicted octanol–water partition coefficient (Wildman–Crippen LogP) is 1.67. The number of nitrogens with one attached hydrogen (secondary N) is 1. The molecule has 2 aromatic heterocycles. The molecule has 0 bridgehead atoms. The van der Waals surface area contributed by atoms with Gasteiger partial charge in [0.25, 0.3) is 11.1 Å². The molecule has 0 saturated carbocycles. The number of aromatic nitrogens is 3. The zero-order valence-corrected chi connectivity index (χ0v) is 19.4. The van der Waals surface area contributed by atoms with E-state index in [1.165, 1.54) is 18.3 Å². The summed E-state index contributed by atoms with van der Waals surface area (Å²) in [6.45, 7) is 4.48. The number of piperidine rings is 1. The Labute approximate surface area is 201 Å². The molecule has 0 radical (unpaired) electrons. The average Bonchev–Trinajstić information content (AvgIpc) is 2.87. The highest BCUT2D eigenvalue weighted by Crippen LogP contribution is 2.32. The number of ether oxygens (including phenoxy) is 2. The molecule has 3 aliphatic rings. The van der Waals surface area contributed by atoms with Crippen molar-refractivity contribution in [3.05, 3.63) is 62.6 Å². The summed E-state index contributed by atoms with van der Waals surface area (Å²) in [5, 5.41) is 3.49. The first-order valence-corrected chi connectivity index (χ1v) is 12.2. The fourth-order valence-electron chi connectivity index (χ4n) is 5.46. The standard InChI is InChI=1S/C25H28FN5O4/c26-19-12-22-21(34-9-10-35-22)11-16(19)13-27-17-3-6-29(7-4-17)15-18-5-8-30-24(33)14-28-20-1-2-23(32)31(18)25(20)30/h1-2,11-12,14,17-18,27H,3-10,13,15H2/t18-/m0/s1. The van der Waals surface area contributed by atoms with Gasteiger partial charge >= 0.3 is 0 Å². The Morgan fingerprint density at radius 1 is 1.00 bits per heavy atom. The molecular formula is C25H28FN5O4. The molecule has 0 spiro atoms. The molecule has 1 fully saturated rings. The molecule has 0 unspecified atom stereocenters. The molecule has 0 amide bonds. The topological polar surface area (TPSA) is 90.6 Å². The van der Waals surface area contributed by atoms with Crippen LogP contribution < -0.4 is 25.9 Å². The van der Waals surface area contributed by atoms with E-state index in [0.717, 1.165) is 38.9 Å². The van der Waals surface area contributed by atoms with Crippen molar-refractivity contribution >= 4 is 11.2 Å². The quantitative estimate of drug-likeness (QED) is 0.593. The second kappa shape index (κ2) is 9.09. The fraction of sp³-hybridized carbons (Fsp3) is 0.480. The third-order valence-electron chi connectivity index (χ3n) is 7.31. The molecule has 184 valence electrons. The lowest BCUT2D eigenvalue weighted by atomic mass is 10.0. The number of hydrogen-bond acceptors (Lipinski definition) is 7. The molecule has 6 rings (SSSR count). The van der Waals surface area contributed by atoms with Crippen LogP contribution in [0, 0.1) is 5.82 Å². The third kappa shape index (κ3) is 4.21. The molecular weight excluding hydrogens is 453 g/mol. The van der Waals surface area contributed by atoms with Crippen LogP contribution in [0.4, 0.5) is 4.39 Å². The SMILES string of the molecule is O=c1cnc2ccc(=O)n3c2n1CC[C@H]3CN1CCC(NCc2cc3c(cc2F)OCCO3)CC1. The zero-order valence-electron chi connectivity index (χ0n) is 19.4. The molecule has 0 aliphatic carbocycles. The number of aryl methyl sites for hydroxylation is 1. The number of nitrogens with zero attached hydrogens (tertiary/aromatic N) is 4. The molecule has 1 atom stereocenters. The Bertz CT molecular complexity index is 1370. The Balaban J connectivity index is 1.09. The van der Waals surface area contributed by atoms with E-state index in [0.29, 0.717) is 60.6 Å². The van der Waals surface area contributed by atoms with Crippen molar-refractivity contribution in [2.24, 2.45) is 0 Å². The van der Waals surface area contributed by atoms with Crippen LogP contribution in [0.25, 0.3) is 11.2 Å². The van der Waals surface area contributed by atoms with Gasteiger partial charge in [-0.1, -0.05) is 0 Å². The van der Waals surface area contributed by atoms with Gasteiger partial charge in [-0.25, -0.2) is 9.37 Å². The van der Waals surface area contributed by atoms with Crippen LogP contribution in [-0.2, 0) is 13.1 Å². The predicted molar refractivity (Wildman–Crippen MR) is 128 cm³/mol. The molecule has 9 nitrogen and oxygen atoms in total. The maximum atomic E-state index is 14.5. The summed E-state index contributed by atoms with van der Waals surface area (Å²) >= 11 is 0. The van der Waals surface area contributed by atoms with Crippen LogP contribution in [0.1, 0.15) is 30.9 Å². The smallest absolute Gasteiger partial charge is 0.270 e. The zero-order chi connectivity index (χ0) is 23.9. The minimum Gasteiger partial charge on any atom is -0.486 e. The van der Waals surface area contributed by atoms with Crippen molar-refractivity contribution in [2.75, 3.05) is 32.8 Å². The molecule has 1 saturated heterocycles. The summed E-state index contributed by atoms with van der Waals surface area (Å²) in [5.74, 6) is 0.776. The highest BCUT2D eigenvalue weighted by Gasteiger charge is 2.27. The minimum atomic E-state index is -0.287. The molecule has 3 aliphatic heterocycles. The van der Waals surface area contributed by atoms with Gasteiger partial charge in [0, 0.05) is 43.4 Å². The van der Waals surface area contributed by atoms with E-state index in [4.69, 9.17) is 9.47 Å². The van der Waals surface area contributed by atoms with E-state index in [1.807, 2.05) is 0 Å². The largest absolute Gasteiger partial charge is 0.486 e. The van der Waals surface area contributed by atoms with Crippen LogP contribution in [0.15, 0.2) is 40.1 Å². The van der Waals surface area contributed by atoms with Gasteiger partial charge in [0.1, 0.15) is 30.2 Å². The second-order valence-corrected chi connectivity index (χ2v) is 9.48. The first-order chi connectivity index (χ1) is 17.1. The lowest BCUT2D eigenvalue weighted by molar-refractivity contribution is 0.163. The number of hydrogen-bond donors (Lipinski definition) is 1. The molecule has 5 heterocycles. The number of benzene rings is 1. The van der Waals surface area contributed by atoms with Gasteiger partial charge < -0.3 is 19.7 Å². The second-order valence-electron chi connectivity index (χ2n) is 9.48. The maximum absolute atomic E-state index is 14.5. The molecule has 1 N–H and O–H groups in total. The summed E-state index contributed by atoms with van der Waals surface area (Å²) < 4.78 is 28.9. The van der Waals surface area contributed by atoms with E-state index in [-0.39, 0.29) is 23.0 Å². The fourth-order valence-corrected chi connectivity index (χ4v) is 5.46. The monoisotopic (exact) mass is 481 g/mol. The first kappa shape index (κ1) is 22.2. The lowest BCUT2D eigenvalue weighted by Gasteiger charge is -2.37. The van der Waals surface area contributed by atoms with Crippen LogP contribution in [0.3, 0.4) is 0 Å². The summed E-state index contributed by atoms with van der Waals surface area (Å²) in [6, 6.07) is 6.66. The summed E-state index contributed by atoms with van der Waals surface area (Å²) in [6.07, 6.45) is 3.94. The molecule has 3 aromatic rings. The normalized spacial score (nSPS) is 20.3. The number of pyridine rings is 1. The van der Waals surface area contributed by atoms with Crippen molar-refractivity contribution in [3.8, 4) is 11.5 Å². The number of likely N-dealkylation sites (tertiary alicyclic amines) is 1. The highest BCUT2D eigenvalue weighted by atomic mass is 19.1. The highest BCUT2D eigenvalue weighted by molar-refractivity contribution is 5.70. The summed E-state index contributed by atoms with van der Waals surface area (Å²) in [5.41, 5.74) is 1.61. The van der Waals surface area contributed by atoms with Gasteiger partial charge in [0.15, 0.2) is 11.5 Å². The van der Waals surface area contributed by atoms with Crippen molar-refractivity contribution < 1.29 is 13.9 Å². The van der Waals surface area contributed by atoms with Crippen LogP contribution in [0.5, 0.6) is 11.5 Å². The molecule has 35 heavy (non-hydrogen) atoms. The van der Waals surface area contributed by atoms with Gasteiger partial charge in [0.05, 0.1) is 12.2 Å². The van der Waals surface area contributed by atoms with E-state index in [2.05, 4.69) is 15.2 Å². The van der Waals surface area contributed by atoms with Gasteiger partial charge in [-0.3, -0.25) is 18.7 Å². The maximum Gasteiger partial charge on any atom is 0.270 e. The number of rotatable bonds is 5. The van der Waals surface area contributed by atoms with E-state index >= 15 is 0 Å². The third-order valence-corrected chi connectivity index (χ3v) is 7.31. The van der Waals surface area contributed by atoms with Gasteiger partial charge in [-0.2, -0.15) is 0 Å². The van der Waals surface area contributed by atoms with Crippen molar-refractivity contribution in [3.63, 3.8) is 0 Å². The summed E-state index contributed by atoms with van der Waals surface area (Å²) in [4.78, 5) is 31.6. The lowest BCUT2D eigenvalue weighted by Crippen LogP contribution is -2.46. The molecule has 1 aromatic carbocycles. The van der Waals surface area contributed by atoms with E-state index in [9.17, 15) is 14.0 Å². The van der Waals surface area contributed by atoms with E-state index in [1.54, 1.807) is 21.3 Å². The Morgan fingerprint density at radius 2 is 1.77 bits per heavy atom. The van der Waals surface area contributed by atoms with Gasteiger partial charge in [-0.05, 0) is 44.5 Å². The first-order valence-electron chi connectivity index (χ1n) is 12.2. The van der Waals surface area contributed by atoms with Crippen molar-refractivity contribution in [2.45, 2.75) is 44.4 Å². The number of halogens is 1. The van der Waals surface area contributed by atoms with Crippen LogP contribution >= 0.6 is 0 Å². The summed E-state index contributed by atoms with van der Waals surface area (Å²) in [7, 11) is 0.